The lowest BCUT2D eigenvalue weighted by Gasteiger charge is -2.39. The number of thiophene rings is 1. The molecule has 7 nitrogen and oxygen atoms in total. The standard InChI is InChI=1S/C21H23ClFN5O2S2/c1-12-14(11-27(2)25-12)19-7-8-20(31-19)17-10-18(28(3)32(4,30)26-17)21(29)24-13-5-6-16(23)15(22)9-13/h5-9,11,17-18H,4,10H2,1-3H3,(H,24,29)(H,26,30)/t17-,18+,32?/m0/s1. The van der Waals surface area contributed by atoms with Crippen LogP contribution in [0.15, 0.2) is 36.5 Å². The summed E-state index contributed by atoms with van der Waals surface area (Å²) in [6.07, 6.45) is 2.34. The molecule has 32 heavy (non-hydrogen) atoms. The van der Waals surface area contributed by atoms with E-state index in [0.29, 0.717) is 12.1 Å². The first-order valence-corrected chi connectivity index (χ1v) is 12.7. The van der Waals surface area contributed by atoms with Crippen molar-refractivity contribution in [3.8, 4) is 10.4 Å². The molecule has 1 aromatic carbocycles. The number of carbonyl (C=O) groups is 1. The van der Waals surface area contributed by atoms with E-state index in [9.17, 15) is 13.4 Å². The molecule has 2 aromatic heterocycles. The van der Waals surface area contributed by atoms with E-state index in [4.69, 9.17) is 11.6 Å². The van der Waals surface area contributed by atoms with E-state index in [-0.39, 0.29) is 17.0 Å². The van der Waals surface area contributed by atoms with E-state index < -0.39 is 21.8 Å². The van der Waals surface area contributed by atoms with Crippen LogP contribution in [0, 0.1) is 12.7 Å². The molecule has 2 N–H and O–H groups in total. The van der Waals surface area contributed by atoms with Crippen molar-refractivity contribution in [3.63, 3.8) is 0 Å². The first kappa shape index (κ1) is 22.9. The van der Waals surface area contributed by atoms with Crippen molar-refractivity contribution < 1.29 is 13.4 Å². The monoisotopic (exact) mass is 495 g/mol. The number of likely N-dealkylation sites (N-methyl/N-ethyl adjacent to an activating group) is 1. The van der Waals surface area contributed by atoms with Crippen molar-refractivity contribution in [3.05, 3.63) is 57.9 Å². The van der Waals surface area contributed by atoms with E-state index in [1.165, 1.54) is 22.5 Å². The number of halogens is 2. The molecular weight excluding hydrogens is 473 g/mol. The van der Waals surface area contributed by atoms with Crippen LogP contribution in [0.4, 0.5) is 10.1 Å². The Labute approximate surface area is 195 Å². The number of benzene rings is 1. The normalized spacial score (nSPS) is 23.9. The molecule has 1 fully saturated rings. The zero-order valence-corrected chi connectivity index (χ0v) is 20.2. The summed E-state index contributed by atoms with van der Waals surface area (Å²) in [5.74, 6) is 2.89. The molecule has 0 bridgehead atoms. The van der Waals surface area contributed by atoms with Crippen LogP contribution in [0.3, 0.4) is 0 Å². The van der Waals surface area contributed by atoms with Crippen molar-refractivity contribution in [2.24, 2.45) is 7.05 Å². The summed E-state index contributed by atoms with van der Waals surface area (Å²) < 4.78 is 32.9. The van der Waals surface area contributed by atoms with Crippen molar-refractivity contribution in [1.82, 2.24) is 18.8 Å². The average molecular weight is 496 g/mol. The summed E-state index contributed by atoms with van der Waals surface area (Å²) in [5, 5.41) is 7.04. The summed E-state index contributed by atoms with van der Waals surface area (Å²) in [5.41, 5.74) is 2.33. The lowest BCUT2D eigenvalue weighted by molar-refractivity contribution is -0.120. The minimum Gasteiger partial charge on any atom is -0.325 e. The highest BCUT2D eigenvalue weighted by molar-refractivity contribution is 7.96. The van der Waals surface area contributed by atoms with Gasteiger partial charge in [-0.05, 0) is 49.5 Å². The van der Waals surface area contributed by atoms with Gasteiger partial charge in [-0.2, -0.15) is 5.10 Å². The third-order valence-corrected chi connectivity index (χ3v) is 8.79. The zero-order chi connectivity index (χ0) is 23.2. The fourth-order valence-corrected chi connectivity index (χ4v) is 6.52. The van der Waals surface area contributed by atoms with Gasteiger partial charge in [0, 0.05) is 41.3 Å². The minimum absolute atomic E-state index is 0.0860. The van der Waals surface area contributed by atoms with E-state index in [1.807, 2.05) is 32.3 Å². The molecule has 11 heteroatoms. The van der Waals surface area contributed by atoms with Crippen molar-refractivity contribution in [1.29, 1.82) is 0 Å². The molecule has 1 aliphatic rings. The number of hydrogen-bond acceptors (Lipinski definition) is 4. The van der Waals surface area contributed by atoms with Crippen molar-refractivity contribution >= 4 is 50.3 Å². The van der Waals surface area contributed by atoms with Gasteiger partial charge >= 0.3 is 0 Å². The van der Waals surface area contributed by atoms with Gasteiger partial charge in [0.05, 0.1) is 26.7 Å². The van der Waals surface area contributed by atoms with Gasteiger partial charge in [0.2, 0.25) is 5.91 Å². The van der Waals surface area contributed by atoms with Crippen LogP contribution in [-0.4, -0.2) is 43.2 Å². The van der Waals surface area contributed by atoms with Gasteiger partial charge in [-0.25, -0.2) is 17.6 Å². The van der Waals surface area contributed by atoms with Crippen LogP contribution < -0.4 is 10.0 Å². The Morgan fingerprint density at radius 3 is 2.78 bits per heavy atom. The Balaban J connectivity index is 1.58. The summed E-state index contributed by atoms with van der Waals surface area (Å²) in [6, 6.07) is 6.91. The number of amides is 1. The highest BCUT2D eigenvalue weighted by Crippen LogP contribution is 2.37. The largest absolute Gasteiger partial charge is 0.325 e. The maximum absolute atomic E-state index is 13.4. The molecule has 1 aliphatic heterocycles. The summed E-state index contributed by atoms with van der Waals surface area (Å²) in [7, 11) is 0.578. The van der Waals surface area contributed by atoms with Gasteiger partial charge < -0.3 is 5.32 Å². The number of carbonyl (C=O) groups excluding carboxylic acids is 1. The third-order valence-electron chi connectivity index (χ3n) is 5.43. The maximum Gasteiger partial charge on any atom is 0.242 e. The van der Waals surface area contributed by atoms with E-state index in [1.54, 1.807) is 23.1 Å². The Bertz CT molecular complexity index is 1290. The molecule has 1 saturated heterocycles. The van der Waals surface area contributed by atoms with Crippen molar-refractivity contribution in [2.45, 2.75) is 25.4 Å². The highest BCUT2D eigenvalue weighted by atomic mass is 35.5. The average Bonchev–Trinajstić information content (AvgIpc) is 3.32. The highest BCUT2D eigenvalue weighted by Gasteiger charge is 2.38. The Hall–Kier alpha value is -2.24. The van der Waals surface area contributed by atoms with Gasteiger partial charge in [0.15, 0.2) is 0 Å². The van der Waals surface area contributed by atoms with E-state index in [2.05, 4.69) is 21.0 Å². The van der Waals surface area contributed by atoms with E-state index in [0.717, 1.165) is 21.0 Å². The molecule has 0 aliphatic carbocycles. The fraction of sp³-hybridized carbons (Fsp3) is 0.286. The predicted octanol–water partition coefficient (Wildman–Crippen LogP) is 3.77. The molecular formula is C21H23ClFN5O2S2. The topological polar surface area (TPSA) is 79.3 Å². The molecule has 3 atom stereocenters. The summed E-state index contributed by atoms with van der Waals surface area (Å²) in [4.78, 5) is 15.0. The van der Waals surface area contributed by atoms with Crippen LogP contribution in [0.25, 0.3) is 10.4 Å². The fourth-order valence-electron chi connectivity index (χ4n) is 3.70. The number of anilines is 1. The zero-order valence-electron chi connectivity index (χ0n) is 17.8. The number of aryl methyl sites for hydroxylation is 2. The van der Waals surface area contributed by atoms with Crippen LogP contribution in [0.2, 0.25) is 5.02 Å². The van der Waals surface area contributed by atoms with E-state index >= 15 is 0 Å². The molecule has 0 saturated carbocycles. The van der Waals surface area contributed by atoms with Crippen molar-refractivity contribution in [2.75, 3.05) is 12.4 Å². The van der Waals surface area contributed by atoms with Gasteiger partial charge in [0.25, 0.3) is 0 Å². The van der Waals surface area contributed by atoms with Crippen LogP contribution >= 0.6 is 22.9 Å². The number of nitrogens with zero attached hydrogens (tertiary/aromatic N) is 3. The number of rotatable bonds is 4. The van der Waals surface area contributed by atoms with Crippen LogP contribution in [0.1, 0.15) is 23.0 Å². The quantitative estimate of drug-likeness (QED) is 0.541. The number of hydrogen-bond donors (Lipinski definition) is 2. The lowest BCUT2D eigenvalue weighted by atomic mass is 10.1. The smallest absolute Gasteiger partial charge is 0.242 e. The molecule has 0 radical (unpaired) electrons. The molecule has 1 unspecified atom stereocenters. The molecule has 170 valence electrons. The lowest BCUT2D eigenvalue weighted by Crippen LogP contribution is -2.55. The van der Waals surface area contributed by atoms with Gasteiger partial charge in [-0.1, -0.05) is 11.6 Å². The van der Waals surface area contributed by atoms with Crippen LogP contribution in [-0.2, 0) is 21.7 Å². The van der Waals surface area contributed by atoms with Gasteiger partial charge in [0.1, 0.15) is 11.9 Å². The molecule has 3 aromatic rings. The Morgan fingerprint density at radius 1 is 1.38 bits per heavy atom. The number of aromatic nitrogens is 2. The second-order valence-electron chi connectivity index (χ2n) is 7.73. The maximum atomic E-state index is 13.4. The molecule has 3 heterocycles. The first-order chi connectivity index (χ1) is 15.0. The van der Waals surface area contributed by atoms with Gasteiger partial charge in [-0.15, -0.1) is 11.3 Å². The summed E-state index contributed by atoms with van der Waals surface area (Å²) >= 11 is 7.38. The SMILES string of the molecule is C=S1(=O)N[C@H](c2ccc(-c3cn(C)nc3C)s2)C[C@H](C(=O)Nc2ccc(F)c(Cl)c2)N1C. The second-order valence-corrected chi connectivity index (χ2v) is 11.3. The molecule has 0 spiro atoms. The van der Waals surface area contributed by atoms with Gasteiger partial charge in [-0.3, -0.25) is 9.48 Å². The second kappa shape index (κ2) is 8.60. The number of nitrogens with one attached hydrogen (secondary N) is 2. The third kappa shape index (κ3) is 4.46. The van der Waals surface area contributed by atoms with Crippen LogP contribution in [0.5, 0.6) is 0 Å². The first-order valence-electron chi connectivity index (χ1n) is 9.79. The molecule has 4 rings (SSSR count). The summed E-state index contributed by atoms with van der Waals surface area (Å²) in [6.45, 7) is 1.95. The predicted molar refractivity (Wildman–Crippen MR) is 129 cm³/mol. The Morgan fingerprint density at radius 2 is 2.12 bits per heavy atom. The minimum atomic E-state index is -2.89. The Kier molecular flexibility index (Phi) is 6.17. The molecule has 1 amide bonds.